The second kappa shape index (κ2) is 2.43. The molecule has 0 radical (unpaired) electrons. The van der Waals surface area contributed by atoms with Gasteiger partial charge in [0.1, 0.15) is 11.8 Å². The van der Waals surface area contributed by atoms with Crippen LogP contribution < -0.4 is 0 Å². The van der Waals surface area contributed by atoms with E-state index in [-0.39, 0.29) is 0 Å². The Hall–Kier alpha value is -1.22. The molecule has 4 heteroatoms. The number of nitrogens with zero attached hydrogens (tertiary/aromatic N) is 3. The third-order valence-electron chi connectivity index (χ3n) is 1.35. The summed E-state index contributed by atoms with van der Waals surface area (Å²) in [7, 11) is 0. The summed E-state index contributed by atoms with van der Waals surface area (Å²) in [6, 6.07) is 5.31. The molecular formula is C7H4ClN3. The summed E-state index contributed by atoms with van der Waals surface area (Å²) in [5.41, 5.74) is 1.53. The van der Waals surface area contributed by atoms with Crippen molar-refractivity contribution in [2.75, 3.05) is 0 Å². The number of hydrogen-bond acceptors (Lipinski definition) is 3. The van der Waals surface area contributed by atoms with Crippen molar-refractivity contribution < 1.29 is 0 Å². The van der Waals surface area contributed by atoms with Crippen LogP contribution in [0.1, 0.15) is 0 Å². The molecule has 3 nitrogen and oxygen atoms in total. The van der Waals surface area contributed by atoms with E-state index in [0.717, 1.165) is 11.0 Å². The lowest BCUT2D eigenvalue weighted by molar-refractivity contribution is 1.02. The van der Waals surface area contributed by atoms with Crippen LogP contribution in [0.5, 0.6) is 0 Å². The maximum atomic E-state index is 5.73. The molecule has 0 N–H and O–H groups in total. The largest absolute Gasteiger partial charge is 0.233 e. The fraction of sp³-hybridized carbons (Fsp3) is 0. The van der Waals surface area contributed by atoms with E-state index >= 15 is 0 Å². The highest BCUT2D eigenvalue weighted by Crippen LogP contribution is 2.13. The van der Waals surface area contributed by atoms with Gasteiger partial charge in [0.05, 0.1) is 5.52 Å². The van der Waals surface area contributed by atoms with Crippen LogP contribution >= 0.6 is 11.6 Å². The van der Waals surface area contributed by atoms with Crippen LogP contribution in [-0.2, 0) is 0 Å². The first-order valence-corrected chi connectivity index (χ1v) is 3.47. The molecule has 0 aliphatic heterocycles. The molecule has 0 saturated heterocycles. The maximum Gasteiger partial charge on any atom is 0.138 e. The predicted octanol–water partition coefficient (Wildman–Crippen LogP) is 1.68. The summed E-state index contributed by atoms with van der Waals surface area (Å²) in [6.07, 6.45) is 1.40. The van der Waals surface area contributed by atoms with Crippen LogP contribution in [0.15, 0.2) is 24.5 Å². The lowest BCUT2D eigenvalue weighted by Gasteiger charge is -1.92. The van der Waals surface area contributed by atoms with Crippen LogP contribution in [0, 0.1) is 0 Å². The van der Waals surface area contributed by atoms with Gasteiger partial charge in [-0.2, -0.15) is 0 Å². The van der Waals surface area contributed by atoms with Crippen molar-refractivity contribution in [2.45, 2.75) is 0 Å². The highest BCUT2D eigenvalue weighted by atomic mass is 35.5. The van der Waals surface area contributed by atoms with Gasteiger partial charge < -0.3 is 0 Å². The molecule has 0 amide bonds. The highest BCUT2D eigenvalue weighted by molar-refractivity contribution is 6.31. The van der Waals surface area contributed by atoms with E-state index in [4.69, 9.17) is 11.6 Å². The predicted molar refractivity (Wildman–Crippen MR) is 42.3 cm³/mol. The number of hydrogen-bond donors (Lipinski definition) is 0. The molecule has 0 aliphatic rings. The van der Waals surface area contributed by atoms with E-state index in [1.165, 1.54) is 6.33 Å². The van der Waals surface area contributed by atoms with Gasteiger partial charge in [0.15, 0.2) is 0 Å². The van der Waals surface area contributed by atoms with Gasteiger partial charge >= 0.3 is 0 Å². The first kappa shape index (κ1) is 6.49. The number of fused-ring (bicyclic) bond motifs is 1. The molecule has 2 aromatic rings. The van der Waals surface area contributed by atoms with Crippen molar-refractivity contribution >= 4 is 22.6 Å². The minimum atomic E-state index is 0.665. The fourth-order valence-electron chi connectivity index (χ4n) is 0.861. The fourth-order valence-corrected chi connectivity index (χ4v) is 1.03. The van der Waals surface area contributed by atoms with Gasteiger partial charge in [-0.1, -0.05) is 11.6 Å². The van der Waals surface area contributed by atoms with Gasteiger partial charge in [0.25, 0.3) is 0 Å². The van der Waals surface area contributed by atoms with Crippen LogP contribution in [-0.4, -0.2) is 15.2 Å². The summed E-state index contributed by atoms with van der Waals surface area (Å²) < 4.78 is 0. The molecule has 1 aromatic heterocycles. The van der Waals surface area contributed by atoms with Gasteiger partial charge in [0, 0.05) is 5.02 Å². The Kier molecular flexibility index (Phi) is 1.43. The lowest BCUT2D eigenvalue weighted by atomic mass is 10.3. The first-order chi connectivity index (χ1) is 5.36. The van der Waals surface area contributed by atoms with Crippen molar-refractivity contribution in [1.29, 1.82) is 0 Å². The number of halogens is 1. The van der Waals surface area contributed by atoms with Crippen molar-refractivity contribution in [1.82, 2.24) is 15.2 Å². The monoisotopic (exact) mass is 165 g/mol. The van der Waals surface area contributed by atoms with Crippen molar-refractivity contribution in [3.8, 4) is 0 Å². The molecule has 2 rings (SSSR count). The Balaban J connectivity index is 2.83. The quantitative estimate of drug-likeness (QED) is 0.596. The zero-order valence-electron chi connectivity index (χ0n) is 5.53. The average Bonchev–Trinajstić information content (AvgIpc) is 2.04. The Morgan fingerprint density at radius 2 is 2.09 bits per heavy atom. The third-order valence-corrected chi connectivity index (χ3v) is 1.59. The maximum absolute atomic E-state index is 5.73. The molecule has 0 spiro atoms. The van der Waals surface area contributed by atoms with Crippen LogP contribution in [0.2, 0.25) is 5.02 Å². The Morgan fingerprint density at radius 3 is 3.00 bits per heavy atom. The van der Waals surface area contributed by atoms with Crippen LogP contribution in [0.3, 0.4) is 0 Å². The summed E-state index contributed by atoms with van der Waals surface area (Å²) in [5, 5.41) is 8.15. The normalized spacial score (nSPS) is 10.3. The zero-order valence-corrected chi connectivity index (χ0v) is 6.28. The summed E-state index contributed by atoms with van der Waals surface area (Å²) in [4.78, 5) is 3.98. The standard InChI is InChI=1S/C7H4ClN3/c8-5-1-2-6-7(3-5)9-4-10-11-6/h1-4H. The molecule has 0 bridgehead atoms. The van der Waals surface area contributed by atoms with E-state index in [0.29, 0.717) is 5.02 Å². The second-order valence-electron chi connectivity index (χ2n) is 2.09. The van der Waals surface area contributed by atoms with E-state index in [9.17, 15) is 0 Å². The second-order valence-corrected chi connectivity index (χ2v) is 2.53. The minimum absolute atomic E-state index is 0.665. The lowest BCUT2D eigenvalue weighted by Crippen LogP contribution is -1.85. The van der Waals surface area contributed by atoms with E-state index in [1.807, 2.05) is 0 Å². The van der Waals surface area contributed by atoms with Crippen molar-refractivity contribution in [2.24, 2.45) is 0 Å². The van der Waals surface area contributed by atoms with Gasteiger partial charge in [0.2, 0.25) is 0 Å². The van der Waals surface area contributed by atoms with E-state index < -0.39 is 0 Å². The number of rotatable bonds is 0. The molecule has 0 fully saturated rings. The average molecular weight is 166 g/mol. The summed E-state index contributed by atoms with van der Waals surface area (Å²) in [6.45, 7) is 0. The van der Waals surface area contributed by atoms with Crippen LogP contribution in [0.25, 0.3) is 11.0 Å². The molecular weight excluding hydrogens is 162 g/mol. The Bertz CT molecular complexity index is 388. The number of aromatic nitrogens is 3. The Labute approximate surface area is 68.0 Å². The summed E-state index contributed by atoms with van der Waals surface area (Å²) >= 11 is 5.73. The number of benzene rings is 1. The molecule has 0 atom stereocenters. The smallest absolute Gasteiger partial charge is 0.138 e. The van der Waals surface area contributed by atoms with Gasteiger partial charge in [-0.3, -0.25) is 0 Å². The molecule has 54 valence electrons. The zero-order chi connectivity index (χ0) is 7.68. The SMILES string of the molecule is Clc1ccc2nncnc2c1. The van der Waals surface area contributed by atoms with Crippen molar-refractivity contribution in [3.63, 3.8) is 0 Å². The minimum Gasteiger partial charge on any atom is -0.233 e. The Morgan fingerprint density at radius 1 is 1.18 bits per heavy atom. The first-order valence-electron chi connectivity index (χ1n) is 3.09. The van der Waals surface area contributed by atoms with Gasteiger partial charge in [-0.25, -0.2) is 4.98 Å². The molecule has 1 heterocycles. The van der Waals surface area contributed by atoms with Crippen molar-refractivity contribution in [3.05, 3.63) is 29.5 Å². The highest BCUT2D eigenvalue weighted by Gasteiger charge is 1.94. The van der Waals surface area contributed by atoms with Crippen LogP contribution in [0.4, 0.5) is 0 Å². The molecule has 11 heavy (non-hydrogen) atoms. The molecule has 0 aliphatic carbocycles. The van der Waals surface area contributed by atoms with Gasteiger partial charge in [-0.15, -0.1) is 10.2 Å². The van der Waals surface area contributed by atoms with E-state index in [1.54, 1.807) is 18.2 Å². The molecule has 0 unspecified atom stereocenters. The summed E-state index contributed by atoms with van der Waals surface area (Å²) in [5.74, 6) is 0. The molecule has 1 aromatic carbocycles. The third kappa shape index (κ3) is 1.14. The topological polar surface area (TPSA) is 38.7 Å². The van der Waals surface area contributed by atoms with E-state index in [2.05, 4.69) is 15.2 Å². The molecule has 0 saturated carbocycles. The van der Waals surface area contributed by atoms with Gasteiger partial charge in [-0.05, 0) is 18.2 Å².